The number of hydrogen-bond donors (Lipinski definition) is 0. The van der Waals surface area contributed by atoms with Gasteiger partial charge in [0.1, 0.15) is 0 Å². The molecular formula is C10H16. The van der Waals surface area contributed by atoms with Crippen LogP contribution in [0.1, 0.15) is 32.6 Å². The standard InChI is InChI=1S/C10H16/c1-2-3-7-10-8-5-4-6-9-10/h3,5,7-8,10H,2,4,6,9H2,1H3/b7-3+. The second kappa shape index (κ2) is 4.32. The van der Waals surface area contributed by atoms with E-state index in [0.29, 0.717) is 0 Å². The van der Waals surface area contributed by atoms with Gasteiger partial charge in [0.2, 0.25) is 0 Å². The first kappa shape index (κ1) is 7.59. The molecule has 0 saturated heterocycles. The summed E-state index contributed by atoms with van der Waals surface area (Å²) in [6.45, 7) is 2.18. The van der Waals surface area contributed by atoms with Crippen molar-refractivity contribution >= 4 is 0 Å². The van der Waals surface area contributed by atoms with E-state index in [-0.39, 0.29) is 0 Å². The lowest BCUT2D eigenvalue weighted by atomic mass is 9.95. The SMILES string of the molecule is CC/C=C/C1C=CCCC1. The summed E-state index contributed by atoms with van der Waals surface area (Å²) in [4.78, 5) is 0. The first-order valence-electron chi connectivity index (χ1n) is 4.27. The average Bonchev–Trinajstić information content (AvgIpc) is 2.03. The second-order valence-electron chi connectivity index (χ2n) is 2.86. The minimum absolute atomic E-state index is 0.744. The number of hydrogen-bond acceptors (Lipinski definition) is 0. The van der Waals surface area contributed by atoms with Gasteiger partial charge in [0, 0.05) is 0 Å². The van der Waals surface area contributed by atoms with Gasteiger partial charge in [0.05, 0.1) is 0 Å². The van der Waals surface area contributed by atoms with E-state index in [1.54, 1.807) is 0 Å². The minimum atomic E-state index is 0.744. The third-order valence-electron chi connectivity index (χ3n) is 1.91. The Hall–Kier alpha value is -0.520. The summed E-state index contributed by atoms with van der Waals surface area (Å²) >= 11 is 0. The van der Waals surface area contributed by atoms with Gasteiger partial charge in [-0.15, -0.1) is 0 Å². The van der Waals surface area contributed by atoms with Crippen LogP contribution in [0.5, 0.6) is 0 Å². The average molecular weight is 136 g/mol. The van der Waals surface area contributed by atoms with Crippen molar-refractivity contribution in [2.45, 2.75) is 32.6 Å². The molecule has 0 nitrogen and oxygen atoms in total. The van der Waals surface area contributed by atoms with Crippen LogP contribution >= 0.6 is 0 Å². The fraction of sp³-hybridized carbons (Fsp3) is 0.600. The maximum Gasteiger partial charge on any atom is -0.00534 e. The van der Waals surface area contributed by atoms with Crippen molar-refractivity contribution in [3.05, 3.63) is 24.3 Å². The van der Waals surface area contributed by atoms with E-state index in [0.717, 1.165) is 5.92 Å². The van der Waals surface area contributed by atoms with Crippen molar-refractivity contribution < 1.29 is 0 Å². The first-order chi connectivity index (χ1) is 4.93. The molecule has 0 N–H and O–H groups in total. The third-order valence-corrected chi connectivity index (χ3v) is 1.91. The molecule has 0 radical (unpaired) electrons. The molecule has 56 valence electrons. The first-order valence-corrected chi connectivity index (χ1v) is 4.27. The summed E-state index contributed by atoms with van der Waals surface area (Å²) in [6, 6.07) is 0. The Morgan fingerprint density at radius 3 is 3.10 bits per heavy atom. The zero-order valence-corrected chi connectivity index (χ0v) is 6.72. The number of allylic oxidation sites excluding steroid dienone is 4. The third kappa shape index (κ3) is 2.38. The molecule has 0 fully saturated rings. The van der Waals surface area contributed by atoms with E-state index in [2.05, 4.69) is 31.2 Å². The fourth-order valence-electron chi connectivity index (χ4n) is 1.31. The molecule has 0 heteroatoms. The maximum atomic E-state index is 2.33. The molecule has 0 saturated carbocycles. The van der Waals surface area contributed by atoms with Crippen LogP contribution in [0.3, 0.4) is 0 Å². The van der Waals surface area contributed by atoms with Gasteiger partial charge in [-0.1, -0.05) is 31.2 Å². The van der Waals surface area contributed by atoms with Gasteiger partial charge in [0.15, 0.2) is 0 Å². The molecule has 0 aromatic rings. The normalized spacial score (nSPS) is 25.9. The van der Waals surface area contributed by atoms with Crippen molar-refractivity contribution in [1.29, 1.82) is 0 Å². The Morgan fingerprint density at radius 1 is 1.60 bits per heavy atom. The topological polar surface area (TPSA) is 0 Å². The zero-order chi connectivity index (χ0) is 7.23. The molecule has 0 amide bonds. The second-order valence-corrected chi connectivity index (χ2v) is 2.86. The van der Waals surface area contributed by atoms with Gasteiger partial charge in [-0.25, -0.2) is 0 Å². The highest BCUT2D eigenvalue weighted by Gasteiger charge is 2.02. The van der Waals surface area contributed by atoms with E-state index in [4.69, 9.17) is 0 Å². The van der Waals surface area contributed by atoms with Crippen molar-refractivity contribution in [3.63, 3.8) is 0 Å². The van der Waals surface area contributed by atoms with E-state index < -0.39 is 0 Å². The Balaban J connectivity index is 2.32. The van der Waals surface area contributed by atoms with Crippen molar-refractivity contribution in [2.24, 2.45) is 5.92 Å². The number of rotatable bonds is 2. The van der Waals surface area contributed by atoms with E-state index in [1.165, 1.54) is 25.7 Å². The monoisotopic (exact) mass is 136 g/mol. The van der Waals surface area contributed by atoms with Crippen molar-refractivity contribution in [1.82, 2.24) is 0 Å². The van der Waals surface area contributed by atoms with Gasteiger partial charge in [-0.05, 0) is 31.6 Å². The lowest BCUT2D eigenvalue weighted by Crippen LogP contribution is -1.95. The molecule has 1 unspecified atom stereocenters. The molecule has 0 bridgehead atoms. The van der Waals surface area contributed by atoms with Crippen molar-refractivity contribution in [2.75, 3.05) is 0 Å². The van der Waals surface area contributed by atoms with Crippen LogP contribution in [0.2, 0.25) is 0 Å². The highest BCUT2D eigenvalue weighted by molar-refractivity contribution is 5.03. The summed E-state index contributed by atoms with van der Waals surface area (Å²) in [5, 5.41) is 0. The summed E-state index contributed by atoms with van der Waals surface area (Å²) in [7, 11) is 0. The van der Waals surface area contributed by atoms with Gasteiger partial charge < -0.3 is 0 Å². The molecule has 1 rings (SSSR count). The van der Waals surface area contributed by atoms with Gasteiger partial charge in [-0.3, -0.25) is 0 Å². The Morgan fingerprint density at radius 2 is 2.50 bits per heavy atom. The summed E-state index contributed by atoms with van der Waals surface area (Å²) in [5.74, 6) is 0.744. The van der Waals surface area contributed by atoms with Gasteiger partial charge in [-0.2, -0.15) is 0 Å². The van der Waals surface area contributed by atoms with Gasteiger partial charge >= 0.3 is 0 Å². The van der Waals surface area contributed by atoms with Gasteiger partial charge in [0.25, 0.3) is 0 Å². The highest BCUT2D eigenvalue weighted by atomic mass is 14.1. The predicted octanol–water partition coefficient (Wildman–Crippen LogP) is 3.31. The summed E-state index contributed by atoms with van der Waals surface area (Å²) in [5.41, 5.74) is 0. The summed E-state index contributed by atoms with van der Waals surface area (Å²) in [6.07, 6.45) is 14.4. The molecule has 1 atom stereocenters. The Bertz CT molecular complexity index is 131. The van der Waals surface area contributed by atoms with E-state index in [1.807, 2.05) is 0 Å². The highest BCUT2D eigenvalue weighted by Crippen LogP contribution is 2.17. The van der Waals surface area contributed by atoms with Crippen LogP contribution < -0.4 is 0 Å². The molecule has 1 aliphatic carbocycles. The van der Waals surface area contributed by atoms with Crippen LogP contribution in [-0.2, 0) is 0 Å². The lowest BCUT2D eigenvalue weighted by molar-refractivity contribution is 0.629. The molecular weight excluding hydrogens is 120 g/mol. The van der Waals surface area contributed by atoms with Crippen LogP contribution in [0.25, 0.3) is 0 Å². The van der Waals surface area contributed by atoms with Crippen LogP contribution in [-0.4, -0.2) is 0 Å². The molecule has 0 aromatic heterocycles. The lowest BCUT2D eigenvalue weighted by Gasteiger charge is -2.10. The maximum absolute atomic E-state index is 2.33. The molecule has 0 aromatic carbocycles. The Labute approximate surface area is 63.6 Å². The van der Waals surface area contributed by atoms with Crippen LogP contribution in [0, 0.1) is 5.92 Å². The van der Waals surface area contributed by atoms with Crippen molar-refractivity contribution in [3.8, 4) is 0 Å². The smallest absolute Gasteiger partial charge is 0.00534 e. The quantitative estimate of drug-likeness (QED) is 0.511. The fourth-order valence-corrected chi connectivity index (χ4v) is 1.31. The molecule has 0 heterocycles. The molecule has 0 spiro atoms. The van der Waals surface area contributed by atoms with E-state index >= 15 is 0 Å². The molecule has 10 heavy (non-hydrogen) atoms. The van der Waals surface area contributed by atoms with Crippen LogP contribution in [0.15, 0.2) is 24.3 Å². The zero-order valence-electron chi connectivity index (χ0n) is 6.72. The molecule has 1 aliphatic rings. The predicted molar refractivity (Wildman–Crippen MR) is 45.9 cm³/mol. The largest absolute Gasteiger partial charge is 0.0882 e. The van der Waals surface area contributed by atoms with E-state index in [9.17, 15) is 0 Å². The Kier molecular flexibility index (Phi) is 3.28. The minimum Gasteiger partial charge on any atom is -0.0882 e. The molecule has 0 aliphatic heterocycles. The van der Waals surface area contributed by atoms with Crippen LogP contribution in [0.4, 0.5) is 0 Å². The summed E-state index contributed by atoms with van der Waals surface area (Å²) < 4.78 is 0.